The van der Waals surface area contributed by atoms with Crippen LogP contribution < -0.4 is 15.2 Å². The van der Waals surface area contributed by atoms with Crippen LogP contribution in [-0.2, 0) is 0 Å². The molecule has 0 aromatic heterocycles. The van der Waals surface area contributed by atoms with Crippen molar-refractivity contribution >= 4 is 15.9 Å². The molecular weight excluding hydrogens is 246 g/mol. The van der Waals surface area contributed by atoms with Crippen LogP contribution in [0.3, 0.4) is 0 Å². The van der Waals surface area contributed by atoms with Gasteiger partial charge in [0.05, 0.1) is 18.2 Å². The lowest BCUT2D eigenvalue weighted by Crippen LogP contribution is -2.06. The quantitative estimate of drug-likeness (QED) is 0.825. The summed E-state index contributed by atoms with van der Waals surface area (Å²) in [7, 11) is 1.63. The molecule has 2 N–H and O–H groups in total. The van der Waals surface area contributed by atoms with Crippen molar-refractivity contribution in [1.82, 2.24) is 0 Å². The molecule has 0 atom stereocenters. The van der Waals surface area contributed by atoms with Gasteiger partial charge in [0.1, 0.15) is 11.5 Å². The van der Waals surface area contributed by atoms with E-state index in [-0.39, 0.29) is 0 Å². The molecule has 0 aliphatic rings. The molecule has 0 spiro atoms. The molecule has 0 aliphatic carbocycles. The lowest BCUT2D eigenvalue weighted by Gasteiger charge is -2.08. The van der Waals surface area contributed by atoms with Crippen molar-refractivity contribution in [2.45, 2.75) is 6.42 Å². The Morgan fingerprint density at radius 3 is 2.86 bits per heavy atom. The normalized spacial score (nSPS) is 9.93. The molecule has 1 aromatic rings. The highest BCUT2D eigenvalue weighted by molar-refractivity contribution is 9.10. The summed E-state index contributed by atoms with van der Waals surface area (Å²) in [6, 6.07) is 5.62. The van der Waals surface area contributed by atoms with E-state index >= 15 is 0 Å². The van der Waals surface area contributed by atoms with Gasteiger partial charge in [-0.1, -0.05) is 0 Å². The third-order valence-corrected chi connectivity index (χ3v) is 2.40. The largest absolute Gasteiger partial charge is 0.497 e. The predicted octanol–water partition coefficient (Wildman–Crippen LogP) is 2.19. The maximum Gasteiger partial charge on any atom is 0.137 e. The molecule has 0 fully saturated rings. The molecular formula is C10H14BrNO2. The van der Waals surface area contributed by atoms with E-state index in [1.807, 2.05) is 18.2 Å². The van der Waals surface area contributed by atoms with Crippen molar-refractivity contribution in [2.24, 2.45) is 5.73 Å². The van der Waals surface area contributed by atoms with Crippen LogP contribution in [0.4, 0.5) is 0 Å². The zero-order chi connectivity index (χ0) is 10.4. The lowest BCUT2D eigenvalue weighted by atomic mass is 10.3. The fourth-order valence-corrected chi connectivity index (χ4v) is 1.35. The van der Waals surface area contributed by atoms with Gasteiger partial charge in [0.15, 0.2) is 0 Å². The SMILES string of the molecule is COc1ccc(Br)c(OCCCN)c1. The first-order valence-electron chi connectivity index (χ1n) is 4.44. The monoisotopic (exact) mass is 259 g/mol. The Hall–Kier alpha value is -0.740. The first kappa shape index (κ1) is 11.3. The van der Waals surface area contributed by atoms with Crippen LogP contribution in [0.1, 0.15) is 6.42 Å². The van der Waals surface area contributed by atoms with E-state index in [1.54, 1.807) is 7.11 Å². The van der Waals surface area contributed by atoms with Gasteiger partial charge in [0, 0.05) is 6.07 Å². The van der Waals surface area contributed by atoms with E-state index in [0.29, 0.717) is 13.2 Å². The van der Waals surface area contributed by atoms with Crippen LogP contribution in [0.2, 0.25) is 0 Å². The zero-order valence-corrected chi connectivity index (χ0v) is 9.71. The summed E-state index contributed by atoms with van der Waals surface area (Å²) in [5, 5.41) is 0. The fourth-order valence-electron chi connectivity index (χ4n) is 0.987. The molecule has 0 saturated heterocycles. The summed E-state index contributed by atoms with van der Waals surface area (Å²) in [5.41, 5.74) is 5.37. The summed E-state index contributed by atoms with van der Waals surface area (Å²) >= 11 is 3.40. The van der Waals surface area contributed by atoms with Gasteiger partial charge < -0.3 is 15.2 Å². The molecule has 0 heterocycles. The standard InChI is InChI=1S/C10H14BrNO2/c1-13-8-3-4-9(11)10(7-8)14-6-2-5-12/h3-4,7H,2,5-6,12H2,1H3. The van der Waals surface area contributed by atoms with Gasteiger partial charge in [-0.15, -0.1) is 0 Å². The summed E-state index contributed by atoms with van der Waals surface area (Å²) in [6.07, 6.45) is 0.851. The molecule has 1 rings (SSSR count). The number of hydrogen-bond donors (Lipinski definition) is 1. The van der Waals surface area contributed by atoms with E-state index in [4.69, 9.17) is 15.2 Å². The van der Waals surface area contributed by atoms with Crippen LogP contribution in [-0.4, -0.2) is 20.3 Å². The molecule has 1 aromatic carbocycles. The smallest absolute Gasteiger partial charge is 0.137 e. The maximum atomic E-state index is 5.51. The molecule has 0 saturated carbocycles. The Morgan fingerprint density at radius 1 is 1.43 bits per heavy atom. The van der Waals surface area contributed by atoms with Crippen LogP contribution >= 0.6 is 15.9 Å². The first-order chi connectivity index (χ1) is 6.77. The summed E-state index contributed by atoms with van der Waals surface area (Å²) < 4.78 is 11.5. The Morgan fingerprint density at radius 2 is 2.21 bits per heavy atom. The van der Waals surface area contributed by atoms with E-state index in [9.17, 15) is 0 Å². The second-order valence-electron chi connectivity index (χ2n) is 2.79. The Labute approximate surface area is 92.3 Å². The van der Waals surface area contributed by atoms with Crippen molar-refractivity contribution in [3.05, 3.63) is 22.7 Å². The molecule has 4 heteroatoms. The van der Waals surface area contributed by atoms with Gasteiger partial charge in [-0.05, 0) is 41.0 Å². The second kappa shape index (κ2) is 5.88. The van der Waals surface area contributed by atoms with Crippen LogP contribution in [0.5, 0.6) is 11.5 Å². The van der Waals surface area contributed by atoms with E-state index in [0.717, 1.165) is 22.4 Å². The van der Waals surface area contributed by atoms with Gasteiger partial charge in [-0.2, -0.15) is 0 Å². The average molecular weight is 260 g/mol. The molecule has 3 nitrogen and oxygen atoms in total. The molecule has 0 amide bonds. The summed E-state index contributed by atoms with van der Waals surface area (Å²) in [4.78, 5) is 0. The molecule has 14 heavy (non-hydrogen) atoms. The molecule has 78 valence electrons. The van der Waals surface area contributed by atoms with Crippen molar-refractivity contribution in [2.75, 3.05) is 20.3 Å². The van der Waals surface area contributed by atoms with Gasteiger partial charge >= 0.3 is 0 Å². The molecule has 0 aliphatic heterocycles. The lowest BCUT2D eigenvalue weighted by molar-refractivity contribution is 0.309. The number of ether oxygens (including phenoxy) is 2. The third kappa shape index (κ3) is 3.20. The summed E-state index contributed by atoms with van der Waals surface area (Å²) in [5.74, 6) is 1.58. The van der Waals surface area contributed by atoms with Crippen molar-refractivity contribution < 1.29 is 9.47 Å². The number of methoxy groups -OCH3 is 1. The molecule has 0 radical (unpaired) electrons. The Kier molecular flexibility index (Phi) is 4.76. The zero-order valence-electron chi connectivity index (χ0n) is 8.13. The van der Waals surface area contributed by atoms with E-state index in [2.05, 4.69) is 15.9 Å². The average Bonchev–Trinajstić information content (AvgIpc) is 2.21. The topological polar surface area (TPSA) is 44.5 Å². The molecule has 0 unspecified atom stereocenters. The van der Waals surface area contributed by atoms with Crippen molar-refractivity contribution in [1.29, 1.82) is 0 Å². The molecule has 0 bridgehead atoms. The minimum atomic E-state index is 0.627. The van der Waals surface area contributed by atoms with Crippen molar-refractivity contribution in [3.63, 3.8) is 0 Å². The highest BCUT2D eigenvalue weighted by Crippen LogP contribution is 2.29. The highest BCUT2D eigenvalue weighted by atomic mass is 79.9. The fraction of sp³-hybridized carbons (Fsp3) is 0.400. The number of benzene rings is 1. The minimum Gasteiger partial charge on any atom is -0.497 e. The highest BCUT2D eigenvalue weighted by Gasteiger charge is 2.02. The number of hydrogen-bond acceptors (Lipinski definition) is 3. The first-order valence-corrected chi connectivity index (χ1v) is 5.23. The summed E-state index contributed by atoms with van der Waals surface area (Å²) in [6.45, 7) is 1.27. The minimum absolute atomic E-state index is 0.627. The van der Waals surface area contributed by atoms with Crippen LogP contribution in [0.15, 0.2) is 22.7 Å². The van der Waals surface area contributed by atoms with E-state index in [1.165, 1.54) is 0 Å². The number of nitrogens with two attached hydrogens (primary N) is 1. The third-order valence-electron chi connectivity index (χ3n) is 1.74. The van der Waals surface area contributed by atoms with Crippen molar-refractivity contribution in [3.8, 4) is 11.5 Å². The van der Waals surface area contributed by atoms with E-state index < -0.39 is 0 Å². The van der Waals surface area contributed by atoms with Gasteiger partial charge in [-0.3, -0.25) is 0 Å². The van der Waals surface area contributed by atoms with Crippen LogP contribution in [0.25, 0.3) is 0 Å². The Bertz CT molecular complexity index is 291. The predicted molar refractivity (Wildman–Crippen MR) is 59.9 cm³/mol. The maximum absolute atomic E-state index is 5.51. The second-order valence-corrected chi connectivity index (χ2v) is 3.64. The number of halogens is 1. The van der Waals surface area contributed by atoms with Gasteiger partial charge in [-0.25, -0.2) is 0 Å². The van der Waals surface area contributed by atoms with Crippen LogP contribution in [0, 0.1) is 0 Å². The Balaban J connectivity index is 2.64. The van der Waals surface area contributed by atoms with Gasteiger partial charge in [0.2, 0.25) is 0 Å². The van der Waals surface area contributed by atoms with Gasteiger partial charge in [0.25, 0.3) is 0 Å². The number of rotatable bonds is 5.